The highest BCUT2D eigenvalue weighted by Crippen LogP contribution is 2.25. The van der Waals surface area contributed by atoms with E-state index in [9.17, 15) is 4.79 Å². The minimum Gasteiger partial charge on any atom is -0.457 e. The predicted octanol–water partition coefficient (Wildman–Crippen LogP) is 6.44. The van der Waals surface area contributed by atoms with Gasteiger partial charge in [0.05, 0.1) is 13.2 Å². The predicted molar refractivity (Wildman–Crippen MR) is 131 cm³/mol. The number of carbonyl (C=O) groups is 1. The van der Waals surface area contributed by atoms with Crippen LogP contribution < -0.4 is 0 Å². The van der Waals surface area contributed by atoms with Crippen molar-refractivity contribution in [2.45, 2.75) is 97.5 Å². The molecule has 0 atom stereocenters. The number of hydrogen-bond donors (Lipinski definition) is 2. The van der Waals surface area contributed by atoms with E-state index in [1.165, 1.54) is 32.1 Å². The number of allylic oxidation sites excluding steroid dienone is 8. The zero-order valence-corrected chi connectivity index (χ0v) is 20.1. The van der Waals surface area contributed by atoms with Crippen LogP contribution in [0.25, 0.3) is 0 Å². The molecule has 0 saturated heterocycles. The Labute approximate surface area is 190 Å². The molecule has 178 valence electrons. The fraction of sp³-hybridized carbons (Fsp3) is 0.667. The van der Waals surface area contributed by atoms with E-state index in [4.69, 9.17) is 14.9 Å². The van der Waals surface area contributed by atoms with E-state index >= 15 is 0 Å². The van der Waals surface area contributed by atoms with E-state index < -0.39 is 6.10 Å². The van der Waals surface area contributed by atoms with Crippen molar-refractivity contribution in [2.24, 2.45) is 5.41 Å². The molecule has 0 saturated carbocycles. The number of aliphatic hydroxyl groups excluding tert-OH is 2. The van der Waals surface area contributed by atoms with Crippen LogP contribution >= 0.6 is 0 Å². The Morgan fingerprint density at radius 1 is 0.839 bits per heavy atom. The highest BCUT2D eigenvalue weighted by atomic mass is 16.6. The molecule has 4 heteroatoms. The van der Waals surface area contributed by atoms with E-state index in [2.05, 4.69) is 69.4 Å². The number of rotatable bonds is 19. The monoisotopic (exact) mass is 434 g/mol. The van der Waals surface area contributed by atoms with Gasteiger partial charge in [0.2, 0.25) is 0 Å². The molecule has 0 amide bonds. The molecule has 0 spiro atoms. The molecule has 0 aromatic heterocycles. The fourth-order valence-corrected chi connectivity index (χ4v) is 3.05. The average molecular weight is 435 g/mol. The van der Waals surface area contributed by atoms with Crippen molar-refractivity contribution in [3.63, 3.8) is 0 Å². The van der Waals surface area contributed by atoms with Crippen LogP contribution in [0.3, 0.4) is 0 Å². The first-order valence-electron chi connectivity index (χ1n) is 12.0. The Kier molecular flexibility index (Phi) is 19.2. The van der Waals surface area contributed by atoms with Gasteiger partial charge in [0, 0.05) is 6.42 Å². The normalized spacial score (nSPS) is 13.0. The van der Waals surface area contributed by atoms with Gasteiger partial charge in [-0.25, -0.2) is 0 Å². The molecule has 4 nitrogen and oxygen atoms in total. The summed E-state index contributed by atoms with van der Waals surface area (Å²) in [6, 6.07) is 0. The fourth-order valence-electron chi connectivity index (χ4n) is 3.05. The molecular formula is C27H46O4. The highest BCUT2D eigenvalue weighted by Gasteiger charge is 2.12. The van der Waals surface area contributed by atoms with E-state index in [-0.39, 0.29) is 19.2 Å². The molecule has 0 aliphatic rings. The van der Waals surface area contributed by atoms with Crippen LogP contribution in [0.4, 0.5) is 0 Å². The zero-order chi connectivity index (χ0) is 23.2. The molecule has 0 aliphatic carbocycles. The van der Waals surface area contributed by atoms with Crippen LogP contribution in [0, 0.1) is 5.41 Å². The molecule has 2 N–H and O–H groups in total. The van der Waals surface area contributed by atoms with Gasteiger partial charge in [-0.3, -0.25) is 4.79 Å². The quantitative estimate of drug-likeness (QED) is 0.139. The lowest BCUT2D eigenvalue weighted by molar-refractivity contribution is -0.153. The van der Waals surface area contributed by atoms with Gasteiger partial charge in [0.1, 0.15) is 6.10 Å². The maximum absolute atomic E-state index is 11.5. The molecule has 0 bridgehead atoms. The maximum atomic E-state index is 11.5. The average Bonchev–Trinajstić information content (AvgIpc) is 2.75. The molecular weight excluding hydrogens is 388 g/mol. The van der Waals surface area contributed by atoms with Crippen molar-refractivity contribution in [1.29, 1.82) is 0 Å². The minimum absolute atomic E-state index is 0.298. The molecule has 0 rings (SSSR count). The van der Waals surface area contributed by atoms with Crippen molar-refractivity contribution in [3.8, 4) is 0 Å². The summed E-state index contributed by atoms with van der Waals surface area (Å²) in [4.78, 5) is 11.5. The first-order chi connectivity index (χ1) is 14.9. The maximum Gasteiger partial charge on any atom is 0.306 e. The van der Waals surface area contributed by atoms with Crippen molar-refractivity contribution >= 4 is 5.97 Å². The number of esters is 1. The summed E-state index contributed by atoms with van der Waals surface area (Å²) in [5.74, 6) is -0.376. The zero-order valence-electron chi connectivity index (χ0n) is 20.1. The van der Waals surface area contributed by atoms with E-state index in [0.717, 1.165) is 25.7 Å². The van der Waals surface area contributed by atoms with Crippen LogP contribution in [-0.2, 0) is 9.53 Å². The van der Waals surface area contributed by atoms with Gasteiger partial charge in [-0.1, -0.05) is 95.1 Å². The van der Waals surface area contributed by atoms with Crippen LogP contribution in [0.15, 0.2) is 48.6 Å². The van der Waals surface area contributed by atoms with Crippen molar-refractivity contribution in [1.82, 2.24) is 0 Å². The minimum atomic E-state index is -0.801. The summed E-state index contributed by atoms with van der Waals surface area (Å²) >= 11 is 0. The third-order valence-corrected chi connectivity index (χ3v) is 5.02. The Morgan fingerprint density at radius 2 is 1.42 bits per heavy atom. The van der Waals surface area contributed by atoms with Crippen molar-refractivity contribution in [2.75, 3.05) is 13.2 Å². The second-order valence-electron chi connectivity index (χ2n) is 8.69. The van der Waals surface area contributed by atoms with Gasteiger partial charge in [0.25, 0.3) is 0 Å². The summed E-state index contributed by atoms with van der Waals surface area (Å²) in [6.45, 7) is 6.20. The largest absolute Gasteiger partial charge is 0.457 e. The van der Waals surface area contributed by atoms with Gasteiger partial charge < -0.3 is 14.9 Å². The molecule has 0 heterocycles. The lowest BCUT2D eigenvalue weighted by Crippen LogP contribution is -2.25. The second-order valence-corrected chi connectivity index (χ2v) is 8.69. The van der Waals surface area contributed by atoms with Gasteiger partial charge in [-0.05, 0) is 43.9 Å². The van der Waals surface area contributed by atoms with Crippen LogP contribution in [0.2, 0.25) is 0 Å². The van der Waals surface area contributed by atoms with Gasteiger partial charge in [-0.2, -0.15) is 0 Å². The standard InChI is InChI=1S/C27H46O4/c1-4-5-6-18-21-27(2,3)22-19-16-14-12-10-8-7-9-11-13-15-17-20-26(30)31-25(23-28)24-29/h7-8,11-14,19,22,25,28-29H,4-6,9-10,15-18,20-21,23-24H2,1-3H3/b8-7-,13-11-,14-12-,22-19-. The smallest absolute Gasteiger partial charge is 0.306 e. The Hall–Kier alpha value is -1.65. The van der Waals surface area contributed by atoms with E-state index in [1.54, 1.807) is 0 Å². The topological polar surface area (TPSA) is 66.8 Å². The number of hydrogen-bond acceptors (Lipinski definition) is 4. The Morgan fingerprint density at radius 3 is 2.00 bits per heavy atom. The molecule has 0 radical (unpaired) electrons. The SMILES string of the molecule is CCCCCCC(C)(C)/C=C\C/C=C\C/C=C\C/C=C\CCCC(=O)OC(CO)CO. The van der Waals surface area contributed by atoms with Crippen LogP contribution in [0.5, 0.6) is 0 Å². The van der Waals surface area contributed by atoms with Gasteiger partial charge in [-0.15, -0.1) is 0 Å². The third-order valence-electron chi connectivity index (χ3n) is 5.02. The van der Waals surface area contributed by atoms with Crippen molar-refractivity contribution in [3.05, 3.63) is 48.6 Å². The summed E-state index contributed by atoms with van der Waals surface area (Å²) in [6.07, 6.45) is 28.0. The highest BCUT2D eigenvalue weighted by molar-refractivity contribution is 5.69. The summed E-state index contributed by atoms with van der Waals surface area (Å²) in [7, 11) is 0. The molecule has 31 heavy (non-hydrogen) atoms. The van der Waals surface area contributed by atoms with E-state index in [0.29, 0.717) is 18.3 Å². The number of aliphatic hydroxyl groups is 2. The molecule has 0 fully saturated rings. The molecule has 0 aliphatic heterocycles. The molecule has 0 aromatic carbocycles. The number of unbranched alkanes of at least 4 members (excludes halogenated alkanes) is 4. The Balaban J connectivity index is 3.75. The third kappa shape index (κ3) is 20.0. The first-order valence-corrected chi connectivity index (χ1v) is 12.0. The Bertz CT molecular complexity index is 539. The van der Waals surface area contributed by atoms with Crippen LogP contribution in [-0.4, -0.2) is 35.5 Å². The lowest BCUT2D eigenvalue weighted by Gasteiger charge is -2.19. The summed E-state index contributed by atoms with van der Waals surface area (Å²) in [5, 5.41) is 17.7. The summed E-state index contributed by atoms with van der Waals surface area (Å²) in [5.41, 5.74) is 0.301. The van der Waals surface area contributed by atoms with Gasteiger partial charge >= 0.3 is 5.97 Å². The molecule has 0 aromatic rings. The summed E-state index contributed by atoms with van der Waals surface area (Å²) < 4.78 is 4.91. The lowest BCUT2D eigenvalue weighted by atomic mass is 9.86. The number of ether oxygens (including phenoxy) is 1. The first kappa shape index (κ1) is 29.4. The van der Waals surface area contributed by atoms with Crippen LogP contribution in [0.1, 0.15) is 91.4 Å². The van der Waals surface area contributed by atoms with Gasteiger partial charge in [0.15, 0.2) is 0 Å². The second kappa shape index (κ2) is 20.3. The van der Waals surface area contributed by atoms with Crippen molar-refractivity contribution < 1.29 is 19.7 Å². The molecule has 0 unspecified atom stereocenters. The van der Waals surface area contributed by atoms with E-state index in [1.807, 2.05) is 0 Å². The number of carbonyl (C=O) groups excluding carboxylic acids is 1.